The van der Waals surface area contributed by atoms with Gasteiger partial charge in [-0.1, -0.05) is 36.1 Å². The molecular weight excluding hydrogens is 384 g/mol. The second-order valence-corrected chi connectivity index (χ2v) is 6.74. The number of amides is 3. The second-order valence-electron chi connectivity index (χ2n) is 5.74. The Morgan fingerprint density at radius 1 is 1.14 bits per heavy atom. The summed E-state index contributed by atoms with van der Waals surface area (Å²) in [5.41, 5.74) is 0.403. The molecule has 28 heavy (non-hydrogen) atoms. The number of nitrogens with zero attached hydrogens (tertiary/aromatic N) is 1. The molecule has 3 rings (SSSR count). The maximum Gasteiger partial charge on any atom is 0.335 e. The fourth-order valence-electron chi connectivity index (χ4n) is 2.46. The number of carbonyl (C=O) groups excluding carboxylic acids is 3. The summed E-state index contributed by atoms with van der Waals surface area (Å²) in [4.78, 5) is 48.5. The third-order valence-electron chi connectivity index (χ3n) is 3.77. The first-order valence-electron chi connectivity index (χ1n) is 8.00. The van der Waals surface area contributed by atoms with Crippen molar-refractivity contribution in [1.29, 1.82) is 0 Å². The lowest BCUT2D eigenvalue weighted by molar-refractivity contribution is -0.268. The van der Waals surface area contributed by atoms with Crippen molar-refractivity contribution in [2.45, 2.75) is 0 Å². The van der Waals surface area contributed by atoms with E-state index in [0.717, 1.165) is 34.4 Å². The Kier molecular flexibility index (Phi) is 5.46. The van der Waals surface area contributed by atoms with Crippen LogP contribution in [-0.2, 0) is 9.59 Å². The van der Waals surface area contributed by atoms with E-state index in [2.05, 4.69) is 5.32 Å². The summed E-state index contributed by atoms with van der Waals surface area (Å²) in [6.45, 7) is -0.522. The number of rotatable bonds is 5. The van der Waals surface area contributed by atoms with Gasteiger partial charge in [0.25, 0.3) is 11.1 Å². The lowest BCUT2D eigenvalue weighted by Gasteiger charge is -2.15. The largest absolute Gasteiger partial charge is 0.872 e. The molecule has 1 aliphatic rings. The van der Waals surface area contributed by atoms with Crippen molar-refractivity contribution in [3.05, 3.63) is 64.6 Å². The van der Waals surface area contributed by atoms with Gasteiger partial charge in [-0.05, 0) is 41.6 Å². The molecule has 1 aliphatic heterocycles. The molecule has 0 unspecified atom stereocenters. The molecule has 142 valence electrons. The Morgan fingerprint density at radius 2 is 1.86 bits per heavy atom. The fraction of sp³-hybridized carbons (Fsp3) is 0.0526. The molecule has 0 aromatic heterocycles. The highest BCUT2D eigenvalue weighted by molar-refractivity contribution is 8.18. The van der Waals surface area contributed by atoms with E-state index in [4.69, 9.17) is 5.11 Å². The van der Waals surface area contributed by atoms with E-state index in [9.17, 15) is 24.3 Å². The first-order chi connectivity index (χ1) is 13.3. The average molecular weight is 397 g/mol. The third-order valence-corrected chi connectivity index (χ3v) is 4.68. The Bertz CT molecular complexity index is 1000. The standard InChI is InChI=1S/C19H14N2O6S/c22-14-9-12(6-7-13(14)18(25)26)20-16(23)10-21-17(24)15(28-19(21)27)8-11-4-2-1-3-5-11/h1-9,22H,10H2,(H,20,23)(H,25,26)/p-1/b15-8-. The minimum Gasteiger partial charge on any atom is -0.872 e. The normalized spacial score (nSPS) is 15.1. The lowest BCUT2D eigenvalue weighted by Crippen LogP contribution is -2.36. The minimum absolute atomic E-state index is 0.0757. The van der Waals surface area contributed by atoms with Gasteiger partial charge in [0, 0.05) is 5.69 Å². The van der Waals surface area contributed by atoms with Crippen LogP contribution in [0.3, 0.4) is 0 Å². The lowest BCUT2D eigenvalue weighted by atomic mass is 10.2. The molecule has 0 bridgehead atoms. The number of anilines is 1. The molecule has 0 atom stereocenters. The molecule has 0 aliphatic carbocycles. The van der Waals surface area contributed by atoms with Gasteiger partial charge in [0.1, 0.15) is 6.54 Å². The maximum atomic E-state index is 12.4. The van der Waals surface area contributed by atoms with Crippen LogP contribution in [0, 0.1) is 0 Å². The summed E-state index contributed by atoms with van der Waals surface area (Å²) in [6, 6.07) is 12.3. The van der Waals surface area contributed by atoms with E-state index in [-0.39, 0.29) is 10.6 Å². The van der Waals surface area contributed by atoms with Crippen LogP contribution in [0.25, 0.3) is 6.08 Å². The van der Waals surface area contributed by atoms with Crippen LogP contribution in [0.4, 0.5) is 10.5 Å². The summed E-state index contributed by atoms with van der Waals surface area (Å²) in [6.07, 6.45) is 1.57. The summed E-state index contributed by atoms with van der Waals surface area (Å²) in [7, 11) is 0. The summed E-state index contributed by atoms with van der Waals surface area (Å²) >= 11 is 0.736. The highest BCUT2D eigenvalue weighted by atomic mass is 32.2. The Balaban J connectivity index is 1.68. The van der Waals surface area contributed by atoms with E-state index < -0.39 is 40.9 Å². The highest BCUT2D eigenvalue weighted by Gasteiger charge is 2.36. The monoisotopic (exact) mass is 397 g/mol. The summed E-state index contributed by atoms with van der Waals surface area (Å²) in [5, 5.41) is 22.3. The van der Waals surface area contributed by atoms with Crippen LogP contribution >= 0.6 is 11.8 Å². The predicted octanol–water partition coefficient (Wildman–Crippen LogP) is 2.13. The Hall–Kier alpha value is -3.59. The zero-order chi connectivity index (χ0) is 20.3. The number of thioether (sulfide) groups is 1. The van der Waals surface area contributed by atoms with Crippen LogP contribution in [0.5, 0.6) is 5.75 Å². The molecule has 3 amide bonds. The van der Waals surface area contributed by atoms with Gasteiger partial charge in [-0.3, -0.25) is 19.3 Å². The first-order valence-corrected chi connectivity index (χ1v) is 8.81. The number of benzene rings is 2. The predicted molar refractivity (Wildman–Crippen MR) is 101 cm³/mol. The molecule has 8 nitrogen and oxygen atoms in total. The number of imide groups is 1. The van der Waals surface area contributed by atoms with Crippen LogP contribution in [0.1, 0.15) is 15.9 Å². The van der Waals surface area contributed by atoms with Gasteiger partial charge in [-0.15, -0.1) is 0 Å². The Labute approximate surface area is 163 Å². The zero-order valence-electron chi connectivity index (χ0n) is 14.2. The van der Waals surface area contributed by atoms with Crippen LogP contribution < -0.4 is 10.4 Å². The van der Waals surface area contributed by atoms with Crippen molar-refractivity contribution in [3.8, 4) is 5.75 Å². The number of aromatic carboxylic acids is 1. The molecule has 1 saturated heterocycles. The maximum absolute atomic E-state index is 12.4. The van der Waals surface area contributed by atoms with Gasteiger partial charge in [0.15, 0.2) is 0 Å². The van der Waals surface area contributed by atoms with E-state index >= 15 is 0 Å². The third kappa shape index (κ3) is 4.21. The van der Waals surface area contributed by atoms with E-state index in [0.29, 0.717) is 0 Å². The molecular formula is C19H13N2O6S-. The van der Waals surface area contributed by atoms with Gasteiger partial charge >= 0.3 is 5.97 Å². The molecule has 2 N–H and O–H groups in total. The van der Waals surface area contributed by atoms with Crippen LogP contribution in [0.2, 0.25) is 0 Å². The first kappa shape index (κ1) is 19.2. The van der Waals surface area contributed by atoms with Crippen LogP contribution in [0.15, 0.2) is 53.4 Å². The molecule has 2 aromatic rings. The fourth-order valence-corrected chi connectivity index (χ4v) is 3.30. The number of carboxylic acid groups (broad SMARTS) is 1. The number of hydrogen-bond acceptors (Lipinski definition) is 6. The van der Waals surface area contributed by atoms with Crippen molar-refractivity contribution in [2.24, 2.45) is 0 Å². The van der Waals surface area contributed by atoms with Crippen molar-refractivity contribution in [1.82, 2.24) is 4.90 Å². The molecule has 0 radical (unpaired) electrons. The summed E-state index contributed by atoms with van der Waals surface area (Å²) in [5.74, 6) is -3.40. The average Bonchev–Trinajstić information content (AvgIpc) is 2.89. The van der Waals surface area contributed by atoms with E-state index in [1.165, 1.54) is 6.07 Å². The number of carbonyl (C=O) groups is 4. The highest BCUT2D eigenvalue weighted by Crippen LogP contribution is 2.32. The molecule has 1 heterocycles. The van der Waals surface area contributed by atoms with Gasteiger partial charge < -0.3 is 15.5 Å². The smallest absolute Gasteiger partial charge is 0.335 e. The SMILES string of the molecule is O=C(CN1C(=O)S/C(=C\c2ccccc2)C1=O)Nc1ccc(C(=O)O)c([O-])c1. The quantitative estimate of drug-likeness (QED) is 0.740. The van der Waals surface area contributed by atoms with Gasteiger partial charge in [0.05, 0.1) is 10.5 Å². The Morgan fingerprint density at radius 3 is 2.50 bits per heavy atom. The molecule has 0 saturated carbocycles. The topological polar surface area (TPSA) is 127 Å². The second kappa shape index (κ2) is 7.97. The van der Waals surface area contributed by atoms with Crippen molar-refractivity contribution in [3.63, 3.8) is 0 Å². The van der Waals surface area contributed by atoms with E-state index in [1.54, 1.807) is 30.3 Å². The zero-order valence-corrected chi connectivity index (χ0v) is 15.1. The number of carboxylic acids is 1. The van der Waals surface area contributed by atoms with Gasteiger partial charge in [-0.25, -0.2) is 4.79 Å². The molecule has 2 aromatic carbocycles. The number of nitrogens with one attached hydrogen (secondary N) is 1. The molecule has 0 spiro atoms. The van der Waals surface area contributed by atoms with Gasteiger partial charge in [-0.2, -0.15) is 0 Å². The molecule has 9 heteroatoms. The summed E-state index contributed by atoms with van der Waals surface area (Å²) < 4.78 is 0. The van der Waals surface area contributed by atoms with Crippen molar-refractivity contribution >= 4 is 46.5 Å². The number of hydrogen-bond donors (Lipinski definition) is 2. The van der Waals surface area contributed by atoms with Crippen molar-refractivity contribution in [2.75, 3.05) is 11.9 Å². The van der Waals surface area contributed by atoms with Gasteiger partial charge in [0.2, 0.25) is 5.91 Å². The van der Waals surface area contributed by atoms with Crippen LogP contribution in [-0.4, -0.2) is 39.6 Å². The van der Waals surface area contributed by atoms with E-state index in [1.807, 2.05) is 6.07 Å². The minimum atomic E-state index is -1.37. The molecule has 1 fully saturated rings. The van der Waals surface area contributed by atoms with Crippen molar-refractivity contribution < 1.29 is 29.4 Å².